The molecule has 0 aliphatic heterocycles. The highest BCUT2D eigenvalue weighted by molar-refractivity contribution is 9.10. The van der Waals surface area contributed by atoms with E-state index in [1.165, 1.54) is 7.11 Å². The number of carbonyl (C=O) groups excluding carboxylic acids is 1. The van der Waals surface area contributed by atoms with Crippen LogP contribution < -0.4 is 9.47 Å². The number of rotatable bonds is 5. The molecule has 0 aliphatic carbocycles. The molecule has 5 nitrogen and oxygen atoms in total. The first-order valence-corrected chi connectivity index (χ1v) is 6.89. The van der Waals surface area contributed by atoms with Gasteiger partial charge in [-0.15, -0.1) is 0 Å². The van der Waals surface area contributed by atoms with Crippen molar-refractivity contribution in [3.05, 3.63) is 40.1 Å². The first kappa shape index (κ1) is 14.6. The highest BCUT2D eigenvalue weighted by Gasteiger charge is 2.22. The SMILES string of the molecule is CCn1ncc(OC)c1C(=O)c1cc(OC)ccc1Br. The molecule has 0 saturated heterocycles. The van der Waals surface area contributed by atoms with Gasteiger partial charge in [-0.1, -0.05) is 15.9 Å². The Hall–Kier alpha value is -1.82. The standard InChI is InChI=1S/C14H15BrN2O3/c1-4-17-13(12(20-3)8-16-17)14(18)10-7-9(19-2)5-6-11(10)15/h5-8H,4H2,1-3H3. The van der Waals surface area contributed by atoms with E-state index < -0.39 is 0 Å². The van der Waals surface area contributed by atoms with Crippen LogP contribution in [-0.4, -0.2) is 29.8 Å². The number of benzene rings is 1. The lowest BCUT2D eigenvalue weighted by Crippen LogP contribution is -2.12. The van der Waals surface area contributed by atoms with E-state index in [2.05, 4.69) is 21.0 Å². The fourth-order valence-corrected chi connectivity index (χ4v) is 2.35. The van der Waals surface area contributed by atoms with Gasteiger partial charge >= 0.3 is 0 Å². The number of methoxy groups -OCH3 is 2. The summed E-state index contributed by atoms with van der Waals surface area (Å²) in [5.41, 5.74) is 0.946. The molecule has 0 bridgehead atoms. The summed E-state index contributed by atoms with van der Waals surface area (Å²) in [6.07, 6.45) is 1.55. The maximum Gasteiger partial charge on any atom is 0.216 e. The number of hydrogen-bond donors (Lipinski definition) is 0. The minimum atomic E-state index is -0.160. The van der Waals surface area contributed by atoms with Gasteiger partial charge in [0, 0.05) is 16.6 Å². The molecule has 20 heavy (non-hydrogen) atoms. The topological polar surface area (TPSA) is 53.4 Å². The van der Waals surface area contributed by atoms with E-state index in [0.29, 0.717) is 33.8 Å². The molecule has 0 unspecified atom stereocenters. The predicted molar refractivity (Wildman–Crippen MR) is 78.6 cm³/mol. The van der Waals surface area contributed by atoms with Gasteiger partial charge in [0.1, 0.15) is 5.75 Å². The third-order valence-corrected chi connectivity index (χ3v) is 3.65. The zero-order valence-corrected chi connectivity index (χ0v) is 13.1. The van der Waals surface area contributed by atoms with Crippen molar-refractivity contribution < 1.29 is 14.3 Å². The molecule has 1 heterocycles. The predicted octanol–water partition coefficient (Wildman–Crippen LogP) is 2.91. The fraction of sp³-hybridized carbons (Fsp3) is 0.286. The molecule has 0 saturated carbocycles. The lowest BCUT2D eigenvalue weighted by atomic mass is 10.1. The second-order valence-corrected chi connectivity index (χ2v) is 4.91. The molecule has 0 radical (unpaired) electrons. The number of hydrogen-bond acceptors (Lipinski definition) is 4. The molecule has 0 amide bonds. The van der Waals surface area contributed by atoms with Gasteiger partial charge < -0.3 is 9.47 Å². The van der Waals surface area contributed by atoms with E-state index in [1.807, 2.05) is 6.92 Å². The molecule has 6 heteroatoms. The maximum atomic E-state index is 12.7. The average Bonchev–Trinajstić information content (AvgIpc) is 2.90. The number of nitrogens with zero attached hydrogens (tertiary/aromatic N) is 2. The maximum absolute atomic E-state index is 12.7. The third kappa shape index (κ3) is 2.56. The molecule has 0 spiro atoms. The van der Waals surface area contributed by atoms with Crippen molar-refractivity contribution >= 4 is 21.7 Å². The van der Waals surface area contributed by atoms with E-state index in [4.69, 9.17) is 9.47 Å². The number of aryl methyl sites for hydroxylation is 1. The quantitative estimate of drug-likeness (QED) is 0.786. The molecule has 0 fully saturated rings. The van der Waals surface area contributed by atoms with Crippen LogP contribution >= 0.6 is 15.9 Å². The monoisotopic (exact) mass is 338 g/mol. The molecule has 2 rings (SSSR count). The Morgan fingerprint density at radius 3 is 2.70 bits per heavy atom. The second-order valence-electron chi connectivity index (χ2n) is 4.05. The highest BCUT2D eigenvalue weighted by atomic mass is 79.9. The minimum Gasteiger partial charge on any atom is -0.497 e. The zero-order chi connectivity index (χ0) is 14.7. The Labute approximate surface area is 125 Å². The molecule has 0 aliphatic rings. The Balaban J connectivity index is 2.53. The summed E-state index contributed by atoms with van der Waals surface area (Å²) in [7, 11) is 3.09. The third-order valence-electron chi connectivity index (χ3n) is 2.96. The molecule has 0 atom stereocenters. The van der Waals surface area contributed by atoms with E-state index >= 15 is 0 Å². The lowest BCUT2D eigenvalue weighted by Gasteiger charge is -2.09. The Morgan fingerprint density at radius 2 is 2.10 bits per heavy atom. The van der Waals surface area contributed by atoms with Gasteiger partial charge in [-0.25, -0.2) is 0 Å². The largest absolute Gasteiger partial charge is 0.497 e. The van der Waals surface area contributed by atoms with Crippen molar-refractivity contribution in [1.29, 1.82) is 0 Å². The number of carbonyl (C=O) groups is 1. The van der Waals surface area contributed by atoms with E-state index in [0.717, 1.165) is 0 Å². The number of aromatic nitrogens is 2. The number of ether oxygens (including phenoxy) is 2. The molecule has 106 valence electrons. The lowest BCUT2D eigenvalue weighted by molar-refractivity contribution is 0.102. The number of ketones is 1. The van der Waals surface area contributed by atoms with Gasteiger partial charge in [0.25, 0.3) is 0 Å². The Bertz CT molecular complexity index is 616. The molecular weight excluding hydrogens is 324 g/mol. The summed E-state index contributed by atoms with van der Waals surface area (Å²) < 4.78 is 12.7. The fourth-order valence-electron chi connectivity index (χ4n) is 1.92. The van der Waals surface area contributed by atoms with Crippen LogP contribution in [0.1, 0.15) is 23.0 Å². The Kier molecular flexibility index (Phi) is 4.44. The first-order valence-electron chi connectivity index (χ1n) is 6.10. The van der Waals surface area contributed by atoms with Crippen LogP contribution in [0, 0.1) is 0 Å². The summed E-state index contributed by atoms with van der Waals surface area (Å²) in [5.74, 6) is 0.927. The van der Waals surface area contributed by atoms with Crippen molar-refractivity contribution in [2.75, 3.05) is 14.2 Å². The summed E-state index contributed by atoms with van der Waals surface area (Å²) in [5, 5.41) is 4.15. The van der Waals surface area contributed by atoms with E-state index in [9.17, 15) is 4.79 Å². The average molecular weight is 339 g/mol. The van der Waals surface area contributed by atoms with Gasteiger partial charge in [0.2, 0.25) is 5.78 Å². The van der Waals surface area contributed by atoms with Crippen molar-refractivity contribution in [2.45, 2.75) is 13.5 Å². The smallest absolute Gasteiger partial charge is 0.216 e. The van der Waals surface area contributed by atoms with Crippen LogP contribution in [0.3, 0.4) is 0 Å². The van der Waals surface area contributed by atoms with Crippen LogP contribution in [0.2, 0.25) is 0 Å². The van der Waals surface area contributed by atoms with Gasteiger partial charge in [0.05, 0.1) is 20.4 Å². The van der Waals surface area contributed by atoms with Gasteiger partial charge in [0.15, 0.2) is 11.4 Å². The minimum absolute atomic E-state index is 0.160. The molecule has 2 aromatic rings. The number of halogens is 1. The van der Waals surface area contributed by atoms with Gasteiger partial charge in [-0.2, -0.15) is 5.10 Å². The van der Waals surface area contributed by atoms with Crippen LogP contribution in [0.25, 0.3) is 0 Å². The van der Waals surface area contributed by atoms with Crippen molar-refractivity contribution in [2.24, 2.45) is 0 Å². The Morgan fingerprint density at radius 1 is 1.35 bits per heavy atom. The van der Waals surface area contributed by atoms with Crippen molar-refractivity contribution in [3.63, 3.8) is 0 Å². The molecule has 0 N–H and O–H groups in total. The van der Waals surface area contributed by atoms with Gasteiger partial charge in [-0.05, 0) is 25.1 Å². The molecular formula is C14H15BrN2O3. The summed E-state index contributed by atoms with van der Waals surface area (Å²) >= 11 is 3.39. The summed E-state index contributed by atoms with van der Waals surface area (Å²) in [6, 6.07) is 5.26. The van der Waals surface area contributed by atoms with Crippen molar-refractivity contribution in [1.82, 2.24) is 9.78 Å². The van der Waals surface area contributed by atoms with Crippen LogP contribution in [0.15, 0.2) is 28.9 Å². The second kappa shape index (κ2) is 6.09. The highest BCUT2D eigenvalue weighted by Crippen LogP contribution is 2.28. The summed E-state index contributed by atoms with van der Waals surface area (Å²) in [4.78, 5) is 12.7. The van der Waals surface area contributed by atoms with Crippen LogP contribution in [0.4, 0.5) is 0 Å². The molecule has 1 aromatic carbocycles. The van der Waals surface area contributed by atoms with Crippen LogP contribution in [-0.2, 0) is 6.54 Å². The van der Waals surface area contributed by atoms with Gasteiger partial charge in [-0.3, -0.25) is 9.48 Å². The summed E-state index contributed by atoms with van der Waals surface area (Å²) in [6.45, 7) is 2.51. The van der Waals surface area contributed by atoms with Crippen molar-refractivity contribution in [3.8, 4) is 11.5 Å². The van der Waals surface area contributed by atoms with E-state index in [-0.39, 0.29) is 5.78 Å². The van der Waals surface area contributed by atoms with E-state index in [1.54, 1.807) is 36.2 Å². The zero-order valence-electron chi connectivity index (χ0n) is 11.5. The van der Waals surface area contributed by atoms with Crippen LogP contribution in [0.5, 0.6) is 11.5 Å². The normalized spacial score (nSPS) is 10.4. The molecule has 1 aromatic heterocycles. The first-order chi connectivity index (χ1) is 9.62.